The van der Waals surface area contributed by atoms with Crippen molar-refractivity contribution in [2.24, 2.45) is 0 Å². The third-order valence-electron chi connectivity index (χ3n) is 2.35. The zero-order valence-corrected chi connectivity index (χ0v) is 10.5. The van der Waals surface area contributed by atoms with E-state index in [-0.39, 0.29) is 5.91 Å². The van der Waals surface area contributed by atoms with E-state index in [1.165, 1.54) is 12.5 Å². The Balaban J connectivity index is 1.91. The molecule has 2 heterocycles. The average molecular weight is 266 g/mol. The average Bonchev–Trinajstić information content (AvgIpc) is 2.81. The van der Waals surface area contributed by atoms with Gasteiger partial charge < -0.3 is 5.32 Å². The number of carbonyl (C=O) groups is 1. The molecular formula is C11H12ClN5O. The number of amides is 1. The van der Waals surface area contributed by atoms with Gasteiger partial charge in [-0.05, 0) is 13.0 Å². The molecule has 0 bridgehead atoms. The SMILES string of the molecule is Cc1cc(Cl)c(C(=O)NCCc2ncn[nH]2)cn1. The molecule has 1 amide bonds. The molecule has 2 aromatic rings. The van der Waals surface area contributed by atoms with Gasteiger partial charge in [0.2, 0.25) is 0 Å². The van der Waals surface area contributed by atoms with Gasteiger partial charge in [0.15, 0.2) is 0 Å². The highest BCUT2D eigenvalue weighted by Crippen LogP contribution is 2.15. The van der Waals surface area contributed by atoms with Crippen LogP contribution in [0.3, 0.4) is 0 Å². The number of hydrogen-bond acceptors (Lipinski definition) is 4. The second-order valence-corrected chi connectivity index (χ2v) is 4.15. The Morgan fingerprint density at radius 3 is 3.00 bits per heavy atom. The Labute approximate surface area is 109 Å². The van der Waals surface area contributed by atoms with Gasteiger partial charge in [0.1, 0.15) is 12.2 Å². The van der Waals surface area contributed by atoms with E-state index >= 15 is 0 Å². The molecule has 0 aromatic carbocycles. The standard InChI is InChI=1S/C11H12ClN5O/c1-7-4-9(12)8(5-14-7)11(18)13-3-2-10-15-6-16-17-10/h4-6H,2-3H2,1H3,(H,13,18)(H,15,16,17). The van der Waals surface area contributed by atoms with E-state index in [1.54, 1.807) is 6.07 Å². The summed E-state index contributed by atoms with van der Waals surface area (Å²) in [5, 5.41) is 9.59. The summed E-state index contributed by atoms with van der Waals surface area (Å²) >= 11 is 5.97. The molecule has 0 atom stereocenters. The van der Waals surface area contributed by atoms with Crippen molar-refractivity contribution in [3.05, 3.63) is 40.7 Å². The van der Waals surface area contributed by atoms with E-state index in [4.69, 9.17) is 11.6 Å². The molecule has 2 aromatic heterocycles. The number of nitrogens with zero attached hydrogens (tertiary/aromatic N) is 3. The summed E-state index contributed by atoms with van der Waals surface area (Å²) in [4.78, 5) is 19.8. The smallest absolute Gasteiger partial charge is 0.254 e. The van der Waals surface area contributed by atoms with Gasteiger partial charge in [-0.2, -0.15) is 5.10 Å². The van der Waals surface area contributed by atoms with Crippen molar-refractivity contribution in [2.75, 3.05) is 6.54 Å². The molecule has 2 N–H and O–H groups in total. The van der Waals surface area contributed by atoms with Gasteiger partial charge in [-0.25, -0.2) is 4.98 Å². The molecule has 0 saturated heterocycles. The molecule has 0 spiro atoms. The van der Waals surface area contributed by atoms with Crippen molar-refractivity contribution in [3.63, 3.8) is 0 Å². The first-order valence-corrected chi connectivity index (χ1v) is 5.79. The first-order chi connectivity index (χ1) is 8.66. The van der Waals surface area contributed by atoms with Crippen LogP contribution in [-0.4, -0.2) is 32.6 Å². The van der Waals surface area contributed by atoms with E-state index in [0.717, 1.165) is 11.5 Å². The largest absolute Gasteiger partial charge is 0.351 e. The summed E-state index contributed by atoms with van der Waals surface area (Å²) in [6.45, 7) is 2.27. The van der Waals surface area contributed by atoms with Crippen molar-refractivity contribution >= 4 is 17.5 Å². The number of carbonyl (C=O) groups excluding carboxylic acids is 1. The molecule has 0 aliphatic heterocycles. The predicted octanol–water partition coefficient (Wildman–Crippen LogP) is 1.13. The third-order valence-corrected chi connectivity index (χ3v) is 2.66. The maximum Gasteiger partial charge on any atom is 0.254 e. The maximum absolute atomic E-state index is 11.8. The Kier molecular flexibility index (Phi) is 3.88. The van der Waals surface area contributed by atoms with E-state index in [1.807, 2.05) is 6.92 Å². The van der Waals surface area contributed by atoms with Crippen LogP contribution >= 0.6 is 11.6 Å². The van der Waals surface area contributed by atoms with Crippen LogP contribution in [-0.2, 0) is 6.42 Å². The molecule has 18 heavy (non-hydrogen) atoms. The summed E-state index contributed by atoms with van der Waals surface area (Å²) in [6.07, 6.45) is 3.49. The molecule has 6 nitrogen and oxygen atoms in total. The summed E-state index contributed by atoms with van der Waals surface area (Å²) in [7, 11) is 0. The zero-order valence-electron chi connectivity index (χ0n) is 9.77. The van der Waals surface area contributed by atoms with Gasteiger partial charge in [0, 0.05) is 24.9 Å². The van der Waals surface area contributed by atoms with Crippen LogP contribution in [0, 0.1) is 6.92 Å². The minimum absolute atomic E-state index is 0.244. The van der Waals surface area contributed by atoms with E-state index < -0.39 is 0 Å². The highest BCUT2D eigenvalue weighted by molar-refractivity contribution is 6.33. The fourth-order valence-corrected chi connectivity index (χ4v) is 1.73. The molecule has 0 saturated carbocycles. The molecule has 0 radical (unpaired) electrons. The number of aryl methyl sites for hydroxylation is 1. The second kappa shape index (κ2) is 5.59. The number of aromatic nitrogens is 4. The Morgan fingerprint density at radius 1 is 1.50 bits per heavy atom. The fourth-order valence-electron chi connectivity index (χ4n) is 1.43. The number of aromatic amines is 1. The molecule has 0 unspecified atom stereocenters. The van der Waals surface area contributed by atoms with Crippen LogP contribution in [0.15, 0.2) is 18.6 Å². The van der Waals surface area contributed by atoms with Gasteiger partial charge in [-0.3, -0.25) is 14.9 Å². The molecular weight excluding hydrogens is 254 g/mol. The molecule has 7 heteroatoms. The molecule has 2 rings (SSSR count). The molecule has 0 aliphatic rings. The summed E-state index contributed by atoms with van der Waals surface area (Å²) in [6, 6.07) is 1.66. The topological polar surface area (TPSA) is 83.6 Å². The van der Waals surface area contributed by atoms with Crippen LogP contribution in [0.25, 0.3) is 0 Å². The Morgan fingerprint density at radius 2 is 2.33 bits per heavy atom. The van der Waals surface area contributed by atoms with E-state index in [0.29, 0.717) is 23.6 Å². The Bertz CT molecular complexity index is 540. The van der Waals surface area contributed by atoms with Gasteiger partial charge in [-0.15, -0.1) is 0 Å². The van der Waals surface area contributed by atoms with Crippen LogP contribution in [0.4, 0.5) is 0 Å². The van der Waals surface area contributed by atoms with Crippen LogP contribution in [0.2, 0.25) is 5.02 Å². The zero-order chi connectivity index (χ0) is 13.0. The van der Waals surface area contributed by atoms with Crippen LogP contribution < -0.4 is 5.32 Å². The van der Waals surface area contributed by atoms with E-state index in [2.05, 4.69) is 25.5 Å². The minimum atomic E-state index is -0.244. The number of hydrogen-bond donors (Lipinski definition) is 2. The lowest BCUT2D eigenvalue weighted by atomic mass is 10.2. The highest BCUT2D eigenvalue weighted by atomic mass is 35.5. The van der Waals surface area contributed by atoms with Crippen molar-refractivity contribution in [3.8, 4) is 0 Å². The second-order valence-electron chi connectivity index (χ2n) is 3.74. The van der Waals surface area contributed by atoms with Crippen molar-refractivity contribution in [2.45, 2.75) is 13.3 Å². The molecule has 0 fully saturated rings. The van der Waals surface area contributed by atoms with Gasteiger partial charge in [0.25, 0.3) is 5.91 Å². The summed E-state index contributed by atoms with van der Waals surface area (Å²) < 4.78 is 0. The summed E-state index contributed by atoms with van der Waals surface area (Å²) in [5.41, 5.74) is 1.15. The minimum Gasteiger partial charge on any atom is -0.351 e. The number of halogens is 1. The van der Waals surface area contributed by atoms with Crippen molar-refractivity contribution < 1.29 is 4.79 Å². The number of pyridine rings is 1. The van der Waals surface area contributed by atoms with Gasteiger partial charge in [0.05, 0.1) is 10.6 Å². The van der Waals surface area contributed by atoms with Crippen molar-refractivity contribution in [1.82, 2.24) is 25.5 Å². The first kappa shape index (κ1) is 12.5. The number of nitrogens with one attached hydrogen (secondary N) is 2. The van der Waals surface area contributed by atoms with Gasteiger partial charge >= 0.3 is 0 Å². The Hall–Kier alpha value is -1.95. The lowest BCUT2D eigenvalue weighted by Gasteiger charge is -2.05. The normalized spacial score (nSPS) is 10.3. The lowest BCUT2D eigenvalue weighted by Crippen LogP contribution is -2.26. The fraction of sp³-hybridized carbons (Fsp3) is 0.273. The predicted molar refractivity (Wildman–Crippen MR) is 66.4 cm³/mol. The van der Waals surface area contributed by atoms with Crippen LogP contribution in [0.1, 0.15) is 21.9 Å². The quantitative estimate of drug-likeness (QED) is 0.868. The maximum atomic E-state index is 11.8. The summed E-state index contributed by atoms with van der Waals surface area (Å²) in [5.74, 6) is 0.482. The third kappa shape index (κ3) is 3.04. The van der Waals surface area contributed by atoms with Crippen LogP contribution in [0.5, 0.6) is 0 Å². The molecule has 94 valence electrons. The molecule has 0 aliphatic carbocycles. The first-order valence-electron chi connectivity index (χ1n) is 5.41. The number of H-pyrrole nitrogens is 1. The number of rotatable bonds is 4. The lowest BCUT2D eigenvalue weighted by molar-refractivity contribution is 0.0954. The highest BCUT2D eigenvalue weighted by Gasteiger charge is 2.10. The monoisotopic (exact) mass is 265 g/mol. The van der Waals surface area contributed by atoms with E-state index in [9.17, 15) is 4.79 Å². The van der Waals surface area contributed by atoms with Gasteiger partial charge in [-0.1, -0.05) is 11.6 Å². The van der Waals surface area contributed by atoms with Crippen molar-refractivity contribution in [1.29, 1.82) is 0 Å².